The van der Waals surface area contributed by atoms with Gasteiger partial charge in [0.25, 0.3) is 0 Å². The number of hydrogen-bond donors (Lipinski definition) is 1. The molecule has 0 aromatic rings. The van der Waals surface area contributed by atoms with E-state index in [9.17, 15) is 5.11 Å². The summed E-state index contributed by atoms with van der Waals surface area (Å²) in [5.41, 5.74) is 0.593. The van der Waals surface area contributed by atoms with E-state index in [1.165, 1.54) is 32.1 Å². The van der Waals surface area contributed by atoms with Gasteiger partial charge in [0.15, 0.2) is 6.29 Å². The minimum atomic E-state index is -0.625. The number of halogens is 1. The Labute approximate surface area is 150 Å². The van der Waals surface area contributed by atoms with E-state index in [-0.39, 0.29) is 11.5 Å². The van der Waals surface area contributed by atoms with Crippen LogP contribution in [0.25, 0.3) is 0 Å². The average molecular weight is 387 g/mol. The Morgan fingerprint density at radius 3 is 2.48 bits per heavy atom. The van der Waals surface area contributed by atoms with Crippen molar-refractivity contribution in [2.24, 2.45) is 28.6 Å². The smallest absolute Gasteiger partial charge is 0.159 e. The van der Waals surface area contributed by atoms with Gasteiger partial charge < -0.3 is 9.84 Å². The summed E-state index contributed by atoms with van der Waals surface area (Å²) >= 11 is 3.96. The quantitative estimate of drug-likeness (QED) is 0.601. The van der Waals surface area contributed by atoms with Crippen molar-refractivity contribution >= 4 is 15.9 Å². The minimum absolute atomic E-state index is 0.167. The summed E-state index contributed by atoms with van der Waals surface area (Å²) in [6.07, 6.45) is 7.78. The molecule has 2 saturated carbocycles. The predicted octanol–water partition coefficient (Wildman–Crippen LogP) is 5.52. The van der Waals surface area contributed by atoms with Gasteiger partial charge in [-0.05, 0) is 68.1 Å². The van der Waals surface area contributed by atoms with Gasteiger partial charge in [0.05, 0.1) is 5.60 Å². The molecule has 3 fully saturated rings. The molecule has 3 rings (SSSR count). The zero-order chi connectivity index (χ0) is 17.0. The van der Waals surface area contributed by atoms with Gasteiger partial charge in [-0.1, -0.05) is 50.0 Å². The van der Waals surface area contributed by atoms with Crippen LogP contribution in [0, 0.1) is 28.6 Å². The predicted molar refractivity (Wildman–Crippen MR) is 98.6 cm³/mol. The molecule has 23 heavy (non-hydrogen) atoms. The van der Waals surface area contributed by atoms with Gasteiger partial charge in [-0.15, -0.1) is 0 Å². The van der Waals surface area contributed by atoms with Crippen molar-refractivity contribution < 1.29 is 9.84 Å². The molecule has 1 saturated heterocycles. The van der Waals surface area contributed by atoms with Crippen LogP contribution in [0.4, 0.5) is 0 Å². The average Bonchev–Trinajstić information content (AvgIpc) is 2.59. The fraction of sp³-hybridized carbons (Fsp3) is 1.00. The monoisotopic (exact) mass is 386 g/mol. The molecule has 2 aliphatic carbocycles. The first-order valence-electron chi connectivity index (χ1n) is 9.63. The van der Waals surface area contributed by atoms with Crippen molar-refractivity contribution in [1.29, 1.82) is 0 Å². The molecule has 2 nitrogen and oxygen atoms in total. The van der Waals surface area contributed by atoms with Crippen LogP contribution in [-0.2, 0) is 4.74 Å². The van der Waals surface area contributed by atoms with Gasteiger partial charge in [0.1, 0.15) is 0 Å². The maximum Gasteiger partial charge on any atom is 0.159 e. The SMILES string of the molecule is CCC1(C)CC[C@H]2[C@@H]([C@H](Br)C[C@H]3C(C)(C)CCC[C@]23C)[C@H](O)O1. The lowest BCUT2D eigenvalue weighted by molar-refractivity contribution is -0.218. The summed E-state index contributed by atoms with van der Waals surface area (Å²) in [5.74, 6) is 1.54. The zero-order valence-electron chi connectivity index (χ0n) is 15.6. The standard InChI is InChI=1S/C20H35BrO2/c1-6-19(4)11-8-13-16(17(22)23-19)14(21)12-15-18(2,3)9-7-10-20(13,15)5/h13-17,22H,6-12H2,1-5H3/t13-,14+,15-,16-,17+,19?,20+/m0/s1. The van der Waals surface area contributed by atoms with Crippen LogP contribution in [0.5, 0.6) is 0 Å². The number of ether oxygens (including phenoxy) is 1. The van der Waals surface area contributed by atoms with E-state index in [1.807, 2.05) is 0 Å². The molecule has 3 aliphatic rings. The number of aliphatic hydroxyl groups is 1. The highest BCUT2D eigenvalue weighted by Crippen LogP contribution is 2.64. The van der Waals surface area contributed by atoms with E-state index in [4.69, 9.17) is 4.74 Å². The lowest BCUT2D eigenvalue weighted by atomic mass is 9.46. The maximum atomic E-state index is 10.9. The molecule has 134 valence electrons. The molecule has 3 heteroatoms. The van der Waals surface area contributed by atoms with Crippen molar-refractivity contribution in [3.05, 3.63) is 0 Å². The molecule has 1 heterocycles. The van der Waals surface area contributed by atoms with Gasteiger partial charge in [-0.3, -0.25) is 0 Å². The Hall–Kier alpha value is 0.400. The molecule has 0 aromatic heterocycles. The van der Waals surface area contributed by atoms with Gasteiger partial charge in [-0.25, -0.2) is 0 Å². The van der Waals surface area contributed by atoms with Crippen LogP contribution in [0.15, 0.2) is 0 Å². The van der Waals surface area contributed by atoms with E-state index >= 15 is 0 Å². The summed E-state index contributed by atoms with van der Waals surface area (Å²) in [6, 6.07) is 0. The number of aliphatic hydroxyl groups excluding tert-OH is 1. The first-order valence-corrected chi connectivity index (χ1v) is 10.5. The first-order chi connectivity index (χ1) is 10.6. The van der Waals surface area contributed by atoms with Gasteiger partial charge >= 0.3 is 0 Å². The van der Waals surface area contributed by atoms with Gasteiger partial charge in [0, 0.05) is 10.7 Å². The van der Waals surface area contributed by atoms with Gasteiger partial charge in [-0.2, -0.15) is 0 Å². The fourth-order valence-corrected chi connectivity index (χ4v) is 7.32. The molecular weight excluding hydrogens is 352 g/mol. The second-order valence-corrected chi connectivity index (χ2v) is 10.9. The summed E-state index contributed by atoms with van der Waals surface area (Å²) in [5, 5.41) is 10.9. The molecule has 7 atom stereocenters. The topological polar surface area (TPSA) is 29.5 Å². The third-order valence-electron chi connectivity index (χ3n) is 7.93. The highest BCUT2D eigenvalue weighted by Gasteiger charge is 2.59. The van der Waals surface area contributed by atoms with Gasteiger partial charge in [0.2, 0.25) is 0 Å². The summed E-state index contributed by atoms with van der Waals surface area (Å²) in [6.45, 7) is 11.8. The number of hydrogen-bond acceptors (Lipinski definition) is 2. The number of fused-ring (bicyclic) bond motifs is 3. The largest absolute Gasteiger partial charge is 0.368 e. The molecule has 1 aliphatic heterocycles. The Balaban J connectivity index is 1.97. The zero-order valence-corrected chi connectivity index (χ0v) is 17.2. The normalized spacial score (nSPS) is 53.1. The molecular formula is C20H35BrO2. The first kappa shape index (κ1) is 18.2. The fourth-order valence-electron chi connectivity index (χ4n) is 6.32. The molecule has 0 amide bonds. The highest BCUT2D eigenvalue weighted by molar-refractivity contribution is 9.09. The van der Waals surface area contributed by atoms with E-state index in [0.717, 1.165) is 18.8 Å². The molecule has 0 radical (unpaired) electrons. The Morgan fingerprint density at radius 1 is 1.13 bits per heavy atom. The van der Waals surface area contributed by atoms with Crippen LogP contribution in [0.2, 0.25) is 0 Å². The molecule has 1 N–H and O–H groups in total. The molecule has 1 unspecified atom stereocenters. The Morgan fingerprint density at radius 2 is 1.83 bits per heavy atom. The van der Waals surface area contributed by atoms with E-state index in [2.05, 4.69) is 50.5 Å². The van der Waals surface area contributed by atoms with Crippen molar-refractivity contribution in [2.45, 2.75) is 96.3 Å². The lowest BCUT2D eigenvalue weighted by Gasteiger charge is -2.60. The summed E-state index contributed by atoms with van der Waals surface area (Å²) < 4.78 is 6.19. The van der Waals surface area contributed by atoms with E-state index in [0.29, 0.717) is 21.6 Å². The molecule has 0 spiro atoms. The van der Waals surface area contributed by atoms with Crippen molar-refractivity contribution in [2.75, 3.05) is 0 Å². The summed E-state index contributed by atoms with van der Waals surface area (Å²) in [7, 11) is 0. The van der Waals surface area contributed by atoms with Crippen molar-refractivity contribution in [3.8, 4) is 0 Å². The molecule has 0 aromatic carbocycles. The van der Waals surface area contributed by atoms with Crippen molar-refractivity contribution in [3.63, 3.8) is 0 Å². The van der Waals surface area contributed by atoms with Crippen LogP contribution in [-0.4, -0.2) is 21.8 Å². The van der Waals surface area contributed by atoms with Crippen LogP contribution < -0.4 is 0 Å². The van der Waals surface area contributed by atoms with E-state index in [1.54, 1.807) is 0 Å². The summed E-state index contributed by atoms with van der Waals surface area (Å²) in [4.78, 5) is 0.372. The lowest BCUT2D eigenvalue weighted by Crippen LogP contribution is -2.56. The van der Waals surface area contributed by atoms with Crippen molar-refractivity contribution in [1.82, 2.24) is 0 Å². The second-order valence-electron chi connectivity index (χ2n) is 9.69. The van der Waals surface area contributed by atoms with Crippen LogP contribution in [0.3, 0.4) is 0 Å². The van der Waals surface area contributed by atoms with E-state index < -0.39 is 6.29 Å². The number of alkyl halides is 1. The minimum Gasteiger partial charge on any atom is -0.368 e. The number of rotatable bonds is 1. The Kier molecular flexibility index (Phi) is 4.74. The highest BCUT2D eigenvalue weighted by atomic mass is 79.9. The van der Waals surface area contributed by atoms with Crippen LogP contribution in [0.1, 0.15) is 79.6 Å². The molecule has 0 bridgehead atoms. The van der Waals surface area contributed by atoms with Crippen LogP contribution >= 0.6 is 15.9 Å². The third-order valence-corrected chi connectivity index (χ3v) is 8.92. The third kappa shape index (κ3) is 2.93. The Bertz CT molecular complexity index is 451. The second kappa shape index (κ2) is 5.99. The maximum absolute atomic E-state index is 10.9.